The van der Waals surface area contributed by atoms with Gasteiger partial charge in [0, 0.05) is 25.8 Å². The topological polar surface area (TPSA) is 43.8 Å². The molecule has 0 unspecified atom stereocenters. The average Bonchev–Trinajstić information content (AvgIpc) is 2.92. The third-order valence-electron chi connectivity index (χ3n) is 4.51. The lowest BCUT2D eigenvalue weighted by atomic mass is 10.3. The maximum atomic E-state index is 13.0. The summed E-state index contributed by atoms with van der Waals surface area (Å²) in [7, 11) is 0. The van der Waals surface area contributed by atoms with Gasteiger partial charge in [-0.05, 0) is 36.4 Å². The number of fused-ring (bicyclic) bond motifs is 1. The molecule has 2 aliphatic rings. The summed E-state index contributed by atoms with van der Waals surface area (Å²) in [6.45, 7) is 3.39. The predicted octanol–water partition coefficient (Wildman–Crippen LogP) is 2.27. The average molecular weight is 344 g/mol. The highest BCUT2D eigenvalue weighted by molar-refractivity contribution is 5.22. The number of likely N-dealkylation sites (tertiary alicyclic amines) is 1. The van der Waals surface area contributed by atoms with Crippen LogP contribution in [0.15, 0.2) is 48.7 Å². The van der Waals surface area contributed by atoms with E-state index in [0.717, 1.165) is 25.3 Å². The maximum absolute atomic E-state index is 13.0. The van der Waals surface area contributed by atoms with Crippen molar-refractivity contribution in [3.63, 3.8) is 0 Å². The Hall–Kier alpha value is -2.02. The first-order chi connectivity index (χ1) is 12.3. The van der Waals surface area contributed by atoms with Crippen molar-refractivity contribution in [1.82, 2.24) is 9.88 Å². The minimum atomic E-state index is -0.275. The van der Waals surface area contributed by atoms with Gasteiger partial charge in [-0.2, -0.15) is 0 Å². The van der Waals surface area contributed by atoms with Crippen LogP contribution in [0, 0.1) is 5.82 Å². The molecule has 2 atom stereocenters. The molecule has 2 fully saturated rings. The number of nitrogens with zero attached hydrogens (tertiary/aromatic N) is 2. The molecule has 0 aliphatic carbocycles. The third kappa shape index (κ3) is 4.15. The van der Waals surface area contributed by atoms with Gasteiger partial charge in [0.05, 0.1) is 31.1 Å². The monoisotopic (exact) mass is 344 g/mol. The van der Waals surface area contributed by atoms with E-state index in [-0.39, 0.29) is 24.1 Å². The number of hydrogen-bond donors (Lipinski definition) is 0. The molecule has 3 heterocycles. The molecule has 1 aromatic heterocycles. The van der Waals surface area contributed by atoms with Crippen LogP contribution < -0.4 is 4.74 Å². The Kier molecular flexibility index (Phi) is 4.92. The molecule has 0 bridgehead atoms. The van der Waals surface area contributed by atoms with E-state index in [1.54, 1.807) is 12.1 Å². The Bertz CT molecular complexity index is 667. The molecule has 25 heavy (non-hydrogen) atoms. The molecule has 0 amide bonds. The number of rotatable bonds is 4. The Labute approximate surface area is 146 Å². The number of pyridine rings is 1. The fraction of sp³-hybridized carbons (Fsp3) is 0.421. The number of benzene rings is 1. The zero-order chi connectivity index (χ0) is 17.1. The van der Waals surface area contributed by atoms with Crippen LogP contribution in [0.2, 0.25) is 0 Å². The molecule has 5 nitrogen and oxygen atoms in total. The lowest BCUT2D eigenvalue weighted by Crippen LogP contribution is -2.29. The van der Waals surface area contributed by atoms with Gasteiger partial charge >= 0.3 is 0 Å². The lowest BCUT2D eigenvalue weighted by molar-refractivity contribution is -0.00461. The van der Waals surface area contributed by atoms with E-state index in [1.165, 1.54) is 12.1 Å². The molecule has 0 N–H and O–H groups in total. The lowest BCUT2D eigenvalue weighted by Gasteiger charge is -2.19. The predicted molar refractivity (Wildman–Crippen MR) is 89.8 cm³/mol. The molecular formula is C19H21FN2O3. The van der Waals surface area contributed by atoms with Gasteiger partial charge in [-0.15, -0.1) is 0 Å². The van der Waals surface area contributed by atoms with Gasteiger partial charge in [0.1, 0.15) is 17.7 Å². The third-order valence-corrected chi connectivity index (χ3v) is 4.51. The highest BCUT2D eigenvalue weighted by atomic mass is 19.1. The van der Waals surface area contributed by atoms with Gasteiger partial charge in [-0.1, -0.05) is 6.07 Å². The maximum Gasteiger partial charge on any atom is 0.145 e. The second-order valence-corrected chi connectivity index (χ2v) is 6.45. The van der Waals surface area contributed by atoms with Crippen molar-refractivity contribution < 1.29 is 18.6 Å². The fourth-order valence-corrected chi connectivity index (χ4v) is 3.27. The molecule has 2 aliphatic heterocycles. The van der Waals surface area contributed by atoms with Crippen molar-refractivity contribution in [2.45, 2.75) is 24.9 Å². The number of hydrogen-bond acceptors (Lipinski definition) is 5. The van der Waals surface area contributed by atoms with Gasteiger partial charge in [0.2, 0.25) is 0 Å². The Morgan fingerprint density at radius 1 is 1.04 bits per heavy atom. The normalized spacial score (nSPS) is 24.7. The van der Waals surface area contributed by atoms with Crippen molar-refractivity contribution in [2.75, 3.05) is 26.3 Å². The summed E-state index contributed by atoms with van der Waals surface area (Å²) in [4.78, 5) is 6.68. The Morgan fingerprint density at radius 2 is 1.76 bits per heavy atom. The van der Waals surface area contributed by atoms with Crippen LogP contribution >= 0.6 is 0 Å². The highest BCUT2D eigenvalue weighted by Gasteiger charge is 2.37. The molecule has 132 valence electrons. The van der Waals surface area contributed by atoms with E-state index >= 15 is 0 Å². The van der Waals surface area contributed by atoms with Gasteiger partial charge in [-0.25, -0.2) is 4.39 Å². The van der Waals surface area contributed by atoms with Crippen LogP contribution in [0.3, 0.4) is 0 Å². The van der Waals surface area contributed by atoms with Crippen LogP contribution in [-0.4, -0.2) is 54.5 Å². The van der Waals surface area contributed by atoms with Crippen molar-refractivity contribution in [1.29, 1.82) is 0 Å². The van der Waals surface area contributed by atoms with E-state index < -0.39 is 0 Å². The van der Waals surface area contributed by atoms with Crippen LogP contribution in [0.5, 0.6) is 5.75 Å². The van der Waals surface area contributed by atoms with Crippen LogP contribution in [0.1, 0.15) is 5.69 Å². The summed E-state index contributed by atoms with van der Waals surface area (Å²) in [6.07, 6.45) is 1.73. The summed E-state index contributed by atoms with van der Waals surface area (Å²) >= 11 is 0. The van der Waals surface area contributed by atoms with E-state index in [9.17, 15) is 4.39 Å². The molecule has 0 saturated carbocycles. The Balaban J connectivity index is 1.30. The molecule has 0 radical (unpaired) electrons. The molecule has 1 aromatic carbocycles. The summed E-state index contributed by atoms with van der Waals surface area (Å²) in [6, 6.07) is 12.0. The Morgan fingerprint density at radius 3 is 2.40 bits per heavy atom. The summed E-state index contributed by atoms with van der Waals surface area (Å²) in [5.41, 5.74) is 1.05. The zero-order valence-corrected chi connectivity index (χ0v) is 13.9. The first-order valence-corrected chi connectivity index (χ1v) is 8.54. The minimum absolute atomic E-state index is 0.0468. The van der Waals surface area contributed by atoms with Gasteiger partial charge in [0.15, 0.2) is 0 Å². The number of ether oxygens (including phenoxy) is 3. The van der Waals surface area contributed by atoms with Gasteiger partial charge < -0.3 is 14.2 Å². The van der Waals surface area contributed by atoms with Crippen molar-refractivity contribution in [3.05, 3.63) is 60.2 Å². The smallest absolute Gasteiger partial charge is 0.145 e. The second kappa shape index (κ2) is 7.47. The van der Waals surface area contributed by atoms with E-state index in [4.69, 9.17) is 14.2 Å². The summed E-state index contributed by atoms with van der Waals surface area (Å²) in [5, 5.41) is 0. The van der Waals surface area contributed by atoms with Gasteiger partial charge in [0.25, 0.3) is 0 Å². The van der Waals surface area contributed by atoms with E-state index in [0.29, 0.717) is 19.0 Å². The number of aromatic nitrogens is 1. The zero-order valence-electron chi connectivity index (χ0n) is 13.9. The highest BCUT2D eigenvalue weighted by Crippen LogP contribution is 2.23. The van der Waals surface area contributed by atoms with Crippen LogP contribution in [0.25, 0.3) is 0 Å². The molecule has 2 aromatic rings. The van der Waals surface area contributed by atoms with Gasteiger partial charge in [-0.3, -0.25) is 9.88 Å². The summed E-state index contributed by atoms with van der Waals surface area (Å²) in [5.74, 6) is 0.352. The van der Waals surface area contributed by atoms with Crippen molar-refractivity contribution >= 4 is 0 Å². The first-order valence-electron chi connectivity index (χ1n) is 8.54. The minimum Gasteiger partial charge on any atom is -0.486 e. The first kappa shape index (κ1) is 16.4. The number of halogens is 1. The molecule has 0 spiro atoms. The molecular weight excluding hydrogens is 323 g/mol. The fourth-order valence-electron chi connectivity index (χ4n) is 3.27. The summed E-state index contributed by atoms with van der Waals surface area (Å²) < 4.78 is 30.8. The van der Waals surface area contributed by atoms with E-state index in [1.807, 2.05) is 24.4 Å². The second-order valence-electron chi connectivity index (χ2n) is 6.45. The van der Waals surface area contributed by atoms with Crippen LogP contribution in [-0.2, 0) is 16.0 Å². The molecule has 6 heteroatoms. The molecule has 4 rings (SSSR count). The van der Waals surface area contributed by atoms with Crippen molar-refractivity contribution in [3.8, 4) is 5.75 Å². The largest absolute Gasteiger partial charge is 0.486 e. The van der Waals surface area contributed by atoms with Crippen LogP contribution in [0.4, 0.5) is 4.39 Å². The quantitative estimate of drug-likeness (QED) is 0.851. The van der Waals surface area contributed by atoms with E-state index in [2.05, 4.69) is 9.88 Å². The standard InChI is InChI=1S/C19H21FN2O3/c20-14-4-6-16(7-5-14)25-17-12-23-18-10-22(11-19(18)24-13-17)9-15-3-1-2-8-21-15/h1-8,17-19H,9-13H2/t18-,19-/m0/s1. The SMILES string of the molecule is Fc1ccc(OC2CO[C@H]3CN(Cc4ccccn4)C[C@@H]3OC2)cc1. The molecule has 2 saturated heterocycles. The van der Waals surface area contributed by atoms with Crippen molar-refractivity contribution in [2.24, 2.45) is 0 Å².